The van der Waals surface area contributed by atoms with Gasteiger partial charge in [0.25, 0.3) is 0 Å². The highest BCUT2D eigenvalue weighted by molar-refractivity contribution is 5.84. The van der Waals surface area contributed by atoms with Crippen molar-refractivity contribution in [2.45, 2.75) is 58.2 Å². The molecular weight excluding hydrogens is 336 g/mol. The Kier molecular flexibility index (Phi) is 4.96. The largest absolute Gasteiger partial charge is 0.356 e. The lowest BCUT2D eigenvalue weighted by molar-refractivity contribution is -0.132. The lowest BCUT2D eigenvalue weighted by Gasteiger charge is -2.36. The fraction of sp³-hybridized carbons (Fsp3) is 0.500. The number of carbonyl (C=O) groups excluding carboxylic acids is 1. The molecule has 0 radical (unpaired) electrons. The van der Waals surface area contributed by atoms with Crippen LogP contribution in [-0.4, -0.2) is 39.4 Å². The Morgan fingerprint density at radius 1 is 1.26 bits per heavy atom. The van der Waals surface area contributed by atoms with Gasteiger partial charge >= 0.3 is 0 Å². The third-order valence-electron chi connectivity index (χ3n) is 6.21. The van der Waals surface area contributed by atoms with Gasteiger partial charge in [-0.25, -0.2) is 9.97 Å². The number of aryl methyl sites for hydroxylation is 1. The Balaban J connectivity index is 1.63. The molecule has 0 unspecified atom stereocenters. The standard InChI is InChI=1S/C22H28N4O/c1-3-23-21(27)22(13-17-7-5-4-6-8-17)14-19-9-10-20(22)26(19)15-18-11-12-24-16(2)25-18/h4-8,11-12,19-20H,3,9-10,13-15H2,1-2H3,(H,23,27)/t19-,20+,22+/m0/s1. The summed E-state index contributed by atoms with van der Waals surface area (Å²) in [7, 11) is 0. The van der Waals surface area contributed by atoms with E-state index in [1.165, 1.54) is 12.0 Å². The molecule has 3 heterocycles. The predicted molar refractivity (Wildman–Crippen MR) is 105 cm³/mol. The Labute approximate surface area is 161 Å². The number of amides is 1. The zero-order valence-corrected chi connectivity index (χ0v) is 16.2. The van der Waals surface area contributed by atoms with Crippen molar-refractivity contribution < 1.29 is 4.79 Å². The SMILES string of the molecule is CCNC(=O)[C@]1(Cc2ccccc2)C[C@@H]2CC[C@H]1N2Cc1ccnc(C)n1. The normalized spacial score (nSPS) is 27.0. The maximum absolute atomic E-state index is 13.3. The number of hydrogen-bond acceptors (Lipinski definition) is 4. The van der Waals surface area contributed by atoms with Gasteiger partial charge in [-0.15, -0.1) is 0 Å². The second-order valence-electron chi connectivity index (χ2n) is 7.90. The van der Waals surface area contributed by atoms with E-state index in [0.29, 0.717) is 12.6 Å². The molecule has 2 aliphatic rings. The lowest BCUT2D eigenvalue weighted by Crippen LogP contribution is -2.50. The Morgan fingerprint density at radius 3 is 2.81 bits per heavy atom. The van der Waals surface area contributed by atoms with Gasteiger partial charge in [0.05, 0.1) is 11.1 Å². The Morgan fingerprint density at radius 2 is 2.07 bits per heavy atom. The fourth-order valence-corrected chi connectivity index (χ4v) is 5.14. The molecule has 0 aliphatic carbocycles. The van der Waals surface area contributed by atoms with Gasteiger partial charge in [0, 0.05) is 31.4 Å². The molecule has 5 heteroatoms. The summed E-state index contributed by atoms with van der Waals surface area (Å²) in [6, 6.07) is 13.2. The first-order valence-corrected chi connectivity index (χ1v) is 9.99. The quantitative estimate of drug-likeness (QED) is 0.856. The number of aromatic nitrogens is 2. The monoisotopic (exact) mass is 364 g/mol. The number of benzene rings is 1. The van der Waals surface area contributed by atoms with E-state index in [1.807, 2.05) is 32.2 Å². The maximum atomic E-state index is 13.3. The molecule has 27 heavy (non-hydrogen) atoms. The highest BCUT2D eigenvalue weighted by atomic mass is 16.2. The van der Waals surface area contributed by atoms with Crippen LogP contribution in [0.1, 0.15) is 43.3 Å². The minimum Gasteiger partial charge on any atom is -0.356 e. The van der Waals surface area contributed by atoms with Gasteiger partial charge in [0.2, 0.25) is 5.91 Å². The van der Waals surface area contributed by atoms with E-state index >= 15 is 0 Å². The van der Waals surface area contributed by atoms with Gasteiger partial charge in [-0.05, 0) is 51.2 Å². The molecule has 5 nitrogen and oxygen atoms in total. The van der Waals surface area contributed by atoms with Crippen molar-refractivity contribution in [3.05, 3.63) is 59.7 Å². The zero-order valence-electron chi connectivity index (χ0n) is 16.2. The van der Waals surface area contributed by atoms with E-state index < -0.39 is 0 Å². The van der Waals surface area contributed by atoms with E-state index in [9.17, 15) is 4.79 Å². The van der Waals surface area contributed by atoms with E-state index in [4.69, 9.17) is 0 Å². The lowest BCUT2D eigenvalue weighted by atomic mass is 9.69. The van der Waals surface area contributed by atoms with Crippen molar-refractivity contribution in [2.24, 2.45) is 5.41 Å². The van der Waals surface area contributed by atoms with Crippen LogP contribution in [0.4, 0.5) is 0 Å². The van der Waals surface area contributed by atoms with Crippen molar-refractivity contribution in [2.75, 3.05) is 6.54 Å². The van der Waals surface area contributed by atoms with Crippen LogP contribution in [0.15, 0.2) is 42.6 Å². The first-order valence-electron chi connectivity index (χ1n) is 9.99. The van der Waals surface area contributed by atoms with Crippen LogP contribution in [0.25, 0.3) is 0 Å². The maximum Gasteiger partial charge on any atom is 0.228 e. The number of carbonyl (C=O) groups is 1. The summed E-state index contributed by atoms with van der Waals surface area (Å²) in [4.78, 5) is 24.6. The summed E-state index contributed by atoms with van der Waals surface area (Å²) in [6.07, 6.45) is 5.82. The van der Waals surface area contributed by atoms with Crippen molar-refractivity contribution in [1.29, 1.82) is 0 Å². The summed E-state index contributed by atoms with van der Waals surface area (Å²) in [5.74, 6) is 1.02. The molecular formula is C22H28N4O. The van der Waals surface area contributed by atoms with Crippen LogP contribution < -0.4 is 5.32 Å². The second kappa shape index (κ2) is 7.39. The predicted octanol–water partition coefficient (Wildman–Crippen LogP) is 2.89. The molecule has 2 aliphatic heterocycles. The summed E-state index contributed by atoms with van der Waals surface area (Å²) < 4.78 is 0. The molecule has 1 N–H and O–H groups in total. The van der Waals surface area contributed by atoms with Crippen molar-refractivity contribution in [1.82, 2.24) is 20.2 Å². The zero-order chi connectivity index (χ0) is 18.9. The molecule has 1 amide bonds. The van der Waals surface area contributed by atoms with Gasteiger partial charge in [0.1, 0.15) is 5.82 Å². The van der Waals surface area contributed by atoms with Crippen molar-refractivity contribution >= 4 is 5.91 Å². The number of hydrogen-bond donors (Lipinski definition) is 1. The van der Waals surface area contributed by atoms with Crippen LogP contribution in [0.2, 0.25) is 0 Å². The first-order chi connectivity index (χ1) is 13.1. The Bertz CT molecular complexity index is 809. The molecule has 1 aromatic heterocycles. The third-order valence-corrected chi connectivity index (χ3v) is 6.21. The van der Waals surface area contributed by atoms with Crippen LogP contribution in [-0.2, 0) is 17.8 Å². The fourth-order valence-electron chi connectivity index (χ4n) is 5.14. The minimum absolute atomic E-state index is 0.213. The van der Waals surface area contributed by atoms with Crippen LogP contribution in [0.5, 0.6) is 0 Å². The van der Waals surface area contributed by atoms with E-state index in [0.717, 1.165) is 37.3 Å². The highest BCUT2D eigenvalue weighted by Gasteiger charge is 2.59. The van der Waals surface area contributed by atoms with E-state index in [2.05, 4.69) is 44.5 Å². The molecule has 2 aromatic rings. The number of rotatable bonds is 6. The van der Waals surface area contributed by atoms with Crippen LogP contribution >= 0.6 is 0 Å². The number of fused-ring (bicyclic) bond motifs is 2. The molecule has 0 spiro atoms. The second-order valence-corrected chi connectivity index (χ2v) is 7.90. The minimum atomic E-state index is -0.345. The summed E-state index contributed by atoms with van der Waals surface area (Å²) in [5, 5.41) is 3.14. The Hall–Kier alpha value is -2.27. The third kappa shape index (κ3) is 3.36. The highest BCUT2D eigenvalue weighted by Crippen LogP contribution is 2.52. The van der Waals surface area contributed by atoms with Gasteiger partial charge in [0.15, 0.2) is 0 Å². The van der Waals surface area contributed by atoms with Crippen molar-refractivity contribution in [3.63, 3.8) is 0 Å². The molecule has 2 saturated heterocycles. The van der Waals surface area contributed by atoms with Gasteiger partial charge in [-0.2, -0.15) is 0 Å². The molecule has 1 aromatic carbocycles. The van der Waals surface area contributed by atoms with Gasteiger partial charge in [-0.3, -0.25) is 9.69 Å². The van der Waals surface area contributed by atoms with Gasteiger partial charge < -0.3 is 5.32 Å². The molecule has 2 fully saturated rings. The number of nitrogens with zero attached hydrogens (tertiary/aromatic N) is 3. The molecule has 142 valence electrons. The molecule has 0 saturated carbocycles. The number of nitrogens with one attached hydrogen (secondary N) is 1. The van der Waals surface area contributed by atoms with Gasteiger partial charge in [-0.1, -0.05) is 30.3 Å². The first kappa shape index (κ1) is 18.1. The van der Waals surface area contributed by atoms with E-state index in [-0.39, 0.29) is 17.4 Å². The summed E-state index contributed by atoms with van der Waals surface area (Å²) in [6.45, 7) is 5.41. The van der Waals surface area contributed by atoms with Crippen LogP contribution in [0.3, 0.4) is 0 Å². The molecule has 4 rings (SSSR count). The van der Waals surface area contributed by atoms with E-state index in [1.54, 1.807) is 0 Å². The summed E-state index contributed by atoms with van der Waals surface area (Å²) in [5.41, 5.74) is 1.95. The molecule has 3 atom stereocenters. The van der Waals surface area contributed by atoms with Crippen molar-refractivity contribution in [3.8, 4) is 0 Å². The average Bonchev–Trinajstić information content (AvgIpc) is 3.18. The average molecular weight is 364 g/mol. The summed E-state index contributed by atoms with van der Waals surface area (Å²) >= 11 is 0. The smallest absolute Gasteiger partial charge is 0.228 e. The van der Waals surface area contributed by atoms with Crippen LogP contribution in [0, 0.1) is 12.3 Å². The molecule has 2 bridgehead atoms. The topological polar surface area (TPSA) is 58.1 Å².